The Labute approximate surface area is 183 Å². The average Bonchev–Trinajstić information content (AvgIpc) is 2.72. The van der Waals surface area contributed by atoms with E-state index in [2.05, 4.69) is 31.8 Å². The van der Waals surface area contributed by atoms with Gasteiger partial charge in [-0.3, -0.25) is 9.80 Å². The normalized spacial score (nSPS) is 13.0. The third kappa shape index (κ3) is 6.05. The van der Waals surface area contributed by atoms with Crippen molar-refractivity contribution in [1.29, 1.82) is 0 Å². The number of benzene rings is 2. The van der Waals surface area contributed by atoms with Crippen molar-refractivity contribution < 1.29 is 25.1 Å². The number of nitrogens with two attached hydrogens (primary N) is 1. The number of amides is 1. The SMILES string of the molecule is COc1ccc(C(C)(C)C)cc1NC(=O)c1ccc(C)c(N(N)C=C([NH3+])C(O)OC)c1. The molecule has 2 rings (SSSR count). The van der Waals surface area contributed by atoms with Gasteiger partial charge in [-0.1, -0.05) is 32.9 Å². The van der Waals surface area contributed by atoms with Crippen LogP contribution in [0.25, 0.3) is 0 Å². The van der Waals surface area contributed by atoms with Gasteiger partial charge in [0.25, 0.3) is 5.91 Å². The van der Waals surface area contributed by atoms with Crippen molar-refractivity contribution in [2.45, 2.75) is 39.4 Å². The van der Waals surface area contributed by atoms with Crippen LogP contribution in [0.1, 0.15) is 42.3 Å². The lowest BCUT2D eigenvalue weighted by Crippen LogP contribution is -2.54. The minimum Gasteiger partial charge on any atom is -0.495 e. The number of ether oxygens (including phenoxy) is 2. The first-order valence-corrected chi connectivity index (χ1v) is 9.87. The number of hydrazine groups is 1. The molecule has 0 aliphatic rings. The molecule has 0 aromatic heterocycles. The Kier molecular flexibility index (Phi) is 7.80. The molecular weight excluding hydrogens is 396 g/mol. The van der Waals surface area contributed by atoms with Crippen LogP contribution in [0.15, 0.2) is 48.3 Å². The lowest BCUT2D eigenvalue weighted by molar-refractivity contribution is -0.340. The smallest absolute Gasteiger partial charge is 0.255 e. The fraction of sp³-hybridized carbons (Fsp3) is 0.348. The summed E-state index contributed by atoms with van der Waals surface area (Å²) in [4.78, 5) is 13.0. The summed E-state index contributed by atoms with van der Waals surface area (Å²) in [6, 6.07) is 11.0. The standard InChI is InChI=1S/C23H32N4O4/c1-14-7-8-15(11-19(14)27(25)13-17(24)22(29)31-6)21(28)26-18-12-16(23(2,3)4)9-10-20(18)30-5/h7-13,22,29H,24-25H2,1-6H3,(H,26,28)/p+1. The monoisotopic (exact) mass is 429 g/mol. The van der Waals surface area contributed by atoms with Crippen LogP contribution in [0.4, 0.5) is 11.4 Å². The highest BCUT2D eigenvalue weighted by molar-refractivity contribution is 6.05. The summed E-state index contributed by atoms with van der Waals surface area (Å²) in [7, 11) is 2.93. The van der Waals surface area contributed by atoms with Crippen molar-refractivity contribution in [2.75, 3.05) is 24.5 Å². The van der Waals surface area contributed by atoms with Crippen molar-refractivity contribution in [1.82, 2.24) is 0 Å². The van der Waals surface area contributed by atoms with E-state index in [0.717, 1.165) is 11.1 Å². The molecule has 168 valence electrons. The number of hydrogen-bond acceptors (Lipinski definition) is 6. The van der Waals surface area contributed by atoms with Gasteiger partial charge in [-0.25, -0.2) is 5.84 Å². The fourth-order valence-electron chi connectivity index (χ4n) is 2.96. The first-order chi connectivity index (χ1) is 14.5. The molecule has 0 spiro atoms. The van der Waals surface area contributed by atoms with E-state index < -0.39 is 6.29 Å². The van der Waals surface area contributed by atoms with Gasteiger partial charge in [0.1, 0.15) is 5.75 Å². The zero-order chi connectivity index (χ0) is 23.3. The molecule has 0 saturated carbocycles. The van der Waals surface area contributed by atoms with E-state index in [1.165, 1.54) is 18.3 Å². The average molecular weight is 430 g/mol. The van der Waals surface area contributed by atoms with Crippen molar-refractivity contribution in [3.8, 4) is 5.75 Å². The van der Waals surface area contributed by atoms with Gasteiger partial charge in [0.15, 0.2) is 5.70 Å². The summed E-state index contributed by atoms with van der Waals surface area (Å²) in [5.41, 5.74) is 7.47. The summed E-state index contributed by atoms with van der Waals surface area (Å²) >= 11 is 0. The Balaban J connectivity index is 2.34. The van der Waals surface area contributed by atoms with Gasteiger partial charge in [0, 0.05) is 12.7 Å². The number of carbonyl (C=O) groups is 1. The minimum absolute atomic E-state index is 0.0756. The van der Waals surface area contributed by atoms with Gasteiger partial charge in [-0.15, -0.1) is 0 Å². The van der Waals surface area contributed by atoms with Gasteiger partial charge < -0.3 is 25.6 Å². The summed E-state index contributed by atoms with van der Waals surface area (Å²) in [5, 5.41) is 14.0. The molecule has 0 aliphatic carbocycles. The van der Waals surface area contributed by atoms with E-state index in [4.69, 9.17) is 15.3 Å². The Hall–Kier alpha value is -2.91. The lowest BCUT2D eigenvalue weighted by atomic mass is 9.87. The molecular formula is C23H33N4O4+. The molecule has 1 atom stereocenters. The van der Waals surface area contributed by atoms with Crippen LogP contribution in [0.2, 0.25) is 0 Å². The van der Waals surface area contributed by atoms with Gasteiger partial charge in [-0.2, -0.15) is 0 Å². The molecule has 0 aliphatic heterocycles. The predicted molar refractivity (Wildman–Crippen MR) is 121 cm³/mol. The largest absolute Gasteiger partial charge is 0.495 e. The van der Waals surface area contributed by atoms with Crippen molar-refractivity contribution >= 4 is 17.3 Å². The Morgan fingerprint density at radius 2 is 1.90 bits per heavy atom. The number of hydrogen-bond donors (Lipinski definition) is 4. The van der Waals surface area contributed by atoms with E-state index in [0.29, 0.717) is 22.7 Å². The van der Waals surface area contributed by atoms with E-state index >= 15 is 0 Å². The number of rotatable bonds is 7. The summed E-state index contributed by atoms with van der Waals surface area (Å²) in [6.45, 7) is 8.18. The molecule has 0 radical (unpaired) electrons. The van der Waals surface area contributed by atoms with E-state index in [9.17, 15) is 9.90 Å². The van der Waals surface area contributed by atoms with Crippen LogP contribution in [-0.4, -0.2) is 31.5 Å². The third-order valence-electron chi connectivity index (χ3n) is 4.91. The maximum Gasteiger partial charge on any atom is 0.255 e. The van der Waals surface area contributed by atoms with Gasteiger partial charge in [0.2, 0.25) is 6.29 Å². The molecule has 0 bridgehead atoms. The molecule has 2 aromatic rings. The van der Waals surface area contributed by atoms with E-state index in [1.54, 1.807) is 25.3 Å². The quantitative estimate of drug-likeness (QED) is 0.304. The number of aliphatic hydroxyl groups excluding tert-OH is 1. The molecule has 0 heterocycles. The first-order valence-electron chi connectivity index (χ1n) is 9.87. The number of carbonyl (C=O) groups excluding carboxylic acids is 1. The van der Waals surface area contributed by atoms with Crippen LogP contribution < -0.4 is 26.6 Å². The maximum absolute atomic E-state index is 13.0. The molecule has 1 amide bonds. The molecule has 7 N–H and O–H groups in total. The molecule has 0 saturated heterocycles. The summed E-state index contributed by atoms with van der Waals surface area (Å²) in [6.07, 6.45) is 0.286. The van der Waals surface area contributed by atoms with Gasteiger partial charge in [-0.05, 0) is 47.7 Å². The zero-order valence-electron chi connectivity index (χ0n) is 19.0. The predicted octanol–water partition coefficient (Wildman–Crippen LogP) is 2.28. The van der Waals surface area contributed by atoms with Crippen molar-refractivity contribution in [3.05, 3.63) is 65.0 Å². The highest BCUT2D eigenvalue weighted by Crippen LogP contribution is 2.32. The first kappa shape index (κ1) is 24.4. The number of aryl methyl sites for hydroxylation is 1. The topological polar surface area (TPSA) is 125 Å². The molecule has 2 aromatic carbocycles. The van der Waals surface area contributed by atoms with Crippen LogP contribution >= 0.6 is 0 Å². The van der Waals surface area contributed by atoms with Crippen molar-refractivity contribution in [3.63, 3.8) is 0 Å². The second-order valence-electron chi connectivity index (χ2n) is 8.32. The number of aliphatic hydroxyl groups is 1. The number of nitrogens with zero attached hydrogens (tertiary/aromatic N) is 1. The van der Waals surface area contributed by atoms with Crippen LogP contribution in [-0.2, 0) is 10.2 Å². The molecule has 1 unspecified atom stereocenters. The van der Waals surface area contributed by atoms with Crippen molar-refractivity contribution in [2.24, 2.45) is 5.84 Å². The number of anilines is 2. The summed E-state index contributed by atoms with van der Waals surface area (Å²) in [5.74, 6) is 6.40. The molecule has 8 nitrogen and oxygen atoms in total. The maximum atomic E-state index is 13.0. The highest BCUT2D eigenvalue weighted by Gasteiger charge is 2.18. The third-order valence-corrected chi connectivity index (χ3v) is 4.91. The second-order valence-corrected chi connectivity index (χ2v) is 8.32. The number of methoxy groups -OCH3 is 2. The number of quaternary nitrogens is 1. The van der Waals surface area contributed by atoms with Gasteiger partial charge in [0.05, 0.1) is 24.7 Å². The second kappa shape index (κ2) is 9.93. The Morgan fingerprint density at radius 1 is 1.23 bits per heavy atom. The Morgan fingerprint density at radius 3 is 2.48 bits per heavy atom. The van der Waals surface area contributed by atoms with Gasteiger partial charge >= 0.3 is 0 Å². The lowest BCUT2D eigenvalue weighted by Gasteiger charge is -2.21. The Bertz CT molecular complexity index is 967. The van der Waals surface area contributed by atoms with E-state index in [1.807, 2.05) is 25.1 Å². The van der Waals surface area contributed by atoms with Crippen LogP contribution in [0.5, 0.6) is 5.75 Å². The zero-order valence-corrected chi connectivity index (χ0v) is 19.0. The van der Waals surface area contributed by atoms with E-state index in [-0.39, 0.29) is 17.0 Å². The minimum atomic E-state index is -1.17. The summed E-state index contributed by atoms with van der Waals surface area (Å²) < 4.78 is 10.2. The molecule has 31 heavy (non-hydrogen) atoms. The number of nitrogens with one attached hydrogen (secondary N) is 1. The van der Waals surface area contributed by atoms with Crippen LogP contribution in [0, 0.1) is 6.92 Å². The fourth-order valence-corrected chi connectivity index (χ4v) is 2.96. The molecule has 8 heteroatoms. The molecule has 0 fully saturated rings. The highest BCUT2D eigenvalue weighted by atomic mass is 16.6. The van der Waals surface area contributed by atoms with Crippen LogP contribution in [0.3, 0.4) is 0 Å².